The number of anilines is 1. The fourth-order valence-electron chi connectivity index (χ4n) is 3.56. The van der Waals surface area contributed by atoms with Gasteiger partial charge in [-0.05, 0) is 42.3 Å². The van der Waals surface area contributed by atoms with Crippen LogP contribution in [0.15, 0.2) is 47.6 Å². The number of nitrogens with one attached hydrogen (secondary N) is 1. The zero-order chi connectivity index (χ0) is 22.6. The van der Waals surface area contributed by atoms with Crippen molar-refractivity contribution < 1.29 is 22.7 Å². The normalized spacial score (nSPS) is 16.1. The van der Waals surface area contributed by atoms with Gasteiger partial charge < -0.3 is 9.47 Å². The number of carbonyl (C=O) groups excluding carboxylic acids is 1. The number of hydrogen-bond acceptors (Lipinski definition) is 6. The van der Waals surface area contributed by atoms with E-state index in [-0.39, 0.29) is 11.9 Å². The minimum Gasteiger partial charge on any atom is -0.497 e. The Kier molecular flexibility index (Phi) is 6.84. The lowest BCUT2D eigenvalue weighted by Crippen LogP contribution is -2.27. The Bertz CT molecular complexity index is 1100. The van der Waals surface area contributed by atoms with Crippen LogP contribution in [0.4, 0.5) is 5.69 Å². The topological polar surface area (TPSA) is 97.3 Å². The van der Waals surface area contributed by atoms with Crippen LogP contribution in [0.1, 0.15) is 43.4 Å². The molecule has 1 N–H and O–H groups in total. The Morgan fingerprint density at radius 1 is 1.19 bits per heavy atom. The molecule has 0 saturated heterocycles. The van der Waals surface area contributed by atoms with E-state index in [1.807, 2.05) is 25.1 Å². The third kappa shape index (κ3) is 5.35. The van der Waals surface area contributed by atoms with E-state index < -0.39 is 10.0 Å². The number of hydrazone groups is 1. The number of methoxy groups -OCH3 is 2. The van der Waals surface area contributed by atoms with E-state index in [1.54, 1.807) is 38.5 Å². The molecule has 0 fully saturated rings. The minimum absolute atomic E-state index is 0.0854. The molecule has 8 nitrogen and oxygen atoms in total. The fourth-order valence-corrected chi connectivity index (χ4v) is 4.12. The second-order valence-corrected chi connectivity index (χ2v) is 9.07. The first-order chi connectivity index (χ1) is 14.8. The molecule has 1 aliphatic rings. The molecule has 31 heavy (non-hydrogen) atoms. The molecule has 1 amide bonds. The lowest BCUT2D eigenvalue weighted by molar-refractivity contribution is -0.133. The third-order valence-electron chi connectivity index (χ3n) is 4.92. The van der Waals surface area contributed by atoms with Crippen LogP contribution in [0.2, 0.25) is 0 Å². The highest BCUT2D eigenvalue weighted by molar-refractivity contribution is 7.92. The summed E-state index contributed by atoms with van der Waals surface area (Å²) in [6, 6.07) is 12.1. The summed E-state index contributed by atoms with van der Waals surface area (Å²) in [6.07, 6.45) is 2.63. The van der Waals surface area contributed by atoms with Gasteiger partial charge in [0.05, 0.1) is 32.2 Å². The van der Waals surface area contributed by atoms with E-state index in [2.05, 4.69) is 9.82 Å². The number of carbonyl (C=O) groups is 1. The maximum atomic E-state index is 12.9. The maximum absolute atomic E-state index is 12.9. The standard InChI is InChI=1S/C22H27N3O5S/c1-5-7-22(26)25-20(18-13-17(29-2)10-11-21(18)30-3)14-19(23-25)15-8-6-9-16(12-15)24-31(4,27)28/h6,8-13,20,24H,5,7,14H2,1-4H3. The number of nitrogens with zero attached hydrogens (tertiary/aromatic N) is 2. The van der Waals surface area contributed by atoms with Crippen molar-refractivity contribution in [2.45, 2.75) is 32.2 Å². The zero-order valence-corrected chi connectivity index (χ0v) is 18.9. The van der Waals surface area contributed by atoms with Crippen molar-refractivity contribution in [3.05, 3.63) is 53.6 Å². The van der Waals surface area contributed by atoms with E-state index in [0.717, 1.165) is 17.4 Å². The molecule has 2 aromatic rings. The summed E-state index contributed by atoms with van der Waals surface area (Å²) in [7, 11) is -0.235. The highest BCUT2D eigenvalue weighted by Crippen LogP contribution is 2.39. The average Bonchev–Trinajstić information content (AvgIpc) is 3.18. The van der Waals surface area contributed by atoms with Gasteiger partial charge in [0.15, 0.2) is 0 Å². The third-order valence-corrected chi connectivity index (χ3v) is 5.53. The monoisotopic (exact) mass is 445 g/mol. The first kappa shape index (κ1) is 22.6. The molecule has 1 heterocycles. The fraction of sp³-hybridized carbons (Fsp3) is 0.364. The Hall–Kier alpha value is -3.07. The van der Waals surface area contributed by atoms with E-state index >= 15 is 0 Å². The predicted octanol–water partition coefficient (Wildman–Crippen LogP) is 3.55. The lowest BCUT2D eigenvalue weighted by Gasteiger charge is -2.24. The van der Waals surface area contributed by atoms with Gasteiger partial charge >= 0.3 is 0 Å². The van der Waals surface area contributed by atoms with Crippen molar-refractivity contribution >= 4 is 27.3 Å². The summed E-state index contributed by atoms with van der Waals surface area (Å²) < 4.78 is 36.6. The van der Waals surface area contributed by atoms with Gasteiger partial charge in [0.25, 0.3) is 0 Å². The largest absolute Gasteiger partial charge is 0.497 e. The number of sulfonamides is 1. The van der Waals surface area contributed by atoms with E-state index in [9.17, 15) is 13.2 Å². The van der Waals surface area contributed by atoms with Crippen molar-refractivity contribution in [1.82, 2.24) is 5.01 Å². The molecule has 1 aliphatic heterocycles. The predicted molar refractivity (Wildman–Crippen MR) is 120 cm³/mol. The smallest absolute Gasteiger partial charge is 0.243 e. The Morgan fingerprint density at radius 2 is 1.97 bits per heavy atom. The second kappa shape index (κ2) is 9.38. The van der Waals surface area contributed by atoms with Crippen molar-refractivity contribution in [2.24, 2.45) is 5.10 Å². The van der Waals surface area contributed by atoms with Crippen molar-refractivity contribution in [1.29, 1.82) is 0 Å². The summed E-state index contributed by atoms with van der Waals surface area (Å²) in [5, 5.41) is 6.14. The van der Waals surface area contributed by atoms with Gasteiger partial charge in [-0.25, -0.2) is 13.4 Å². The minimum atomic E-state index is -3.40. The van der Waals surface area contributed by atoms with Gasteiger partial charge in [-0.3, -0.25) is 9.52 Å². The number of amides is 1. The van der Waals surface area contributed by atoms with Crippen LogP contribution in [-0.4, -0.2) is 45.5 Å². The number of rotatable bonds is 8. The quantitative estimate of drug-likeness (QED) is 0.670. The molecule has 166 valence electrons. The molecule has 2 aromatic carbocycles. The van der Waals surface area contributed by atoms with Crippen molar-refractivity contribution in [3.63, 3.8) is 0 Å². The number of ether oxygens (including phenoxy) is 2. The summed E-state index contributed by atoms with van der Waals surface area (Å²) in [5.74, 6) is 1.22. The summed E-state index contributed by atoms with van der Waals surface area (Å²) in [6.45, 7) is 1.94. The summed E-state index contributed by atoms with van der Waals surface area (Å²) in [5.41, 5.74) is 2.68. The number of hydrogen-bond donors (Lipinski definition) is 1. The van der Waals surface area contributed by atoms with Crippen LogP contribution >= 0.6 is 0 Å². The molecule has 0 aromatic heterocycles. The van der Waals surface area contributed by atoms with E-state index in [0.29, 0.717) is 42.2 Å². The molecule has 9 heteroatoms. The van der Waals surface area contributed by atoms with Crippen LogP contribution < -0.4 is 14.2 Å². The molecule has 1 atom stereocenters. The first-order valence-electron chi connectivity index (χ1n) is 9.95. The van der Waals surface area contributed by atoms with Gasteiger partial charge in [-0.1, -0.05) is 19.1 Å². The van der Waals surface area contributed by atoms with Gasteiger partial charge in [0, 0.05) is 24.1 Å². The van der Waals surface area contributed by atoms with Crippen LogP contribution in [-0.2, 0) is 14.8 Å². The first-order valence-corrected chi connectivity index (χ1v) is 11.8. The molecular weight excluding hydrogens is 418 g/mol. The maximum Gasteiger partial charge on any atom is 0.243 e. The molecule has 3 rings (SSSR count). The van der Waals surface area contributed by atoms with E-state index in [1.165, 1.54) is 5.01 Å². The molecule has 0 aliphatic carbocycles. The highest BCUT2D eigenvalue weighted by Gasteiger charge is 2.34. The molecule has 0 saturated carbocycles. The Morgan fingerprint density at radius 3 is 2.61 bits per heavy atom. The van der Waals surface area contributed by atoms with Crippen LogP contribution in [0, 0.1) is 0 Å². The molecular formula is C22H27N3O5S. The van der Waals surface area contributed by atoms with Crippen molar-refractivity contribution in [3.8, 4) is 11.5 Å². The molecule has 0 bridgehead atoms. The van der Waals surface area contributed by atoms with Gasteiger partial charge in [0.1, 0.15) is 11.5 Å². The van der Waals surface area contributed by atoms with Crippen LogP contribution in [0.25, 0.3) is 0 Å². The molecule has 0 radical (unpaired) electrons. The van der Waals surface area contributed by atoms with Crippen LogP contribution in [0.5, 0.6) is 11.5 Å². The van der Waals surface area contributed by atoms with Crippen molar-refractivity contribution in [2.75, 3.05) is 25.2 Å². The van der Waals surface area contributed by atoms with Crippen LogP contribution in [0.3, 0.4) is 0 Å². The Labute approximate surface area is 182 Å². The SMILES string of the molecule is CCCC(=O)N1N=C(c2cccc(NS(C)(=O)=O)c2)CC1c1cc(OC)ccc1OC. The summed E-state index contributed by atoms with van der Waals surface area (Å²) >= 11 is 0. The van der Waals surface area contributed by atoms with E-state index in [4.69, 9.17) is 9.47 Å². The molecule has 0 spiro atoms. The second-order valence-electron chi connectivity index (χ2n) is 7.32. The number of benzene rings is 2. The average molecular weight is 446 g/mol. The zero-order valence-electron chi connectivity index (χ0n) is 18.1. The van der Waals surface area contributed by atoms with Gasteiger partial charge in [-0.15, -0.1) is 0 Å². The summed E-state index contributed by atoms with van der Waals surface area (Å²) in [4.78, 5) is 12.9. The van der Waals surface area contributed by atoms with Gasteiger partial charge in [-0.2, -0.15) is 5.10 Å². The lowest BCUT2D eigenvalue weighted by atomic mass is 9.97. The highest BCUT2D eigenvalue weighted by atomic mass is 32.2. The molecule has 1 unspecified atom stereocenters. The Balaban J connectivity index is 2.01. The van der Waals surface area contributed by atoms with Gasteiger partial charge in [0.2, 0.25) is 15.9 Å².